The summed E-state index contributed by atoms with van der Waals surface area (Å²) in [5, 5.41) is 6.20. The highest BCUT2D eigenvalue weighted by Gasteiger charge is 2.07. The molecule has 126 valence electrons. The van der Waals surface area contributed by atoms with E-state index in [4.69, 9.17) is 4.74 Å². The lowest BCUT2D eigenvalue weighted by Gasteiger charge is -2.09. The minimum Gasteiger partial charge on any atom is -0.494 e. The van der Waals surface area contributed by atoms with Crippen molar-refractivity contribution in [3.63, 3.8) is 0 Å². The Bertz CT molecular complexity index is 830. The van der Waals surface area contributed by atoms with Gasteiger partial charge in [0.15, 0.2) is 0 Å². The number of nitrogens with one attached hydrogen (secondary N) is 2. The zero-order valence-electron chi connectivity index (χ0n) is 14.0. The summed E-state index contributed by atoms with van der Waals surface area (Å²) in [5.41, 5.74) is 3.29. The van der Waals surface area contributed by atoms with Gasteiger partial charge in [0.05, 0.1) is 6.61 Å². The third-order valence-corrected chi connectivity index (χ3v) is 3.61. The lowest BCUT2D eigenvalue weighted by molar-refractivity contribution is 0.102. The van der Waals surface area contributed by atoms with Crippen molar-refractivity contribution in [3.05, 3.63) is 84.4 Å². The van der Waals surface area contributed by atoms with Gasteiger partial charge in [-0.25, -0.2) is 0 Å². The zero-order chi connectivity index (χ0) is 17.5. The van der Waals surface area contributed by atoms with Gasteiger partial charge in [-0.3, -0.25) is 4.79 Å². The van der Waals surface area contributed by atoms with Crippen molar-refractivity contribution in [2.45, 2.75) is 6.92 Å². The summed E-state index contributed by atoms with van der Waals surface area (Å²) in [7, 11) is 0. The van der Waals surface area contributed by atoms with Crippen LogP contribution in [0.3, 0.4) is 0 Å². The quantitative estimate of drug-likeness (QED) is 0.662. The van der Waals surface area contributed by atoms with Gasteiger partial charge >= 0.3 is 0 Å². The molecule has 0 aliphatic carbocycles. The molecule has 3 rings (SSSR count). The van der Waals surface area contributed by atoms with Gasteiger partial charge in [0.25, 0.3) is 5.91 Å². The van der Waals surface area contributed by atoms with Crippen LogP contribution >= 0.6 is 0 Å². The molecule has 3 aromatic carbocycles. The number of carbonyl (C=O) groups is 1. The molecule has 2 N–H and O–H groups in total. The van der Waals surface area contributed by atoms with Crippen molar-refractivity contribution in [1.82, 2.24) is 0 Å². The number of amides is 1. The molecule has 0 aromatic heterocycles. The Hall–Kier alpha value is -3.27. The summed E-state index contributed by atoms with van der Waals surface area (Å²) in [6.45, 7) is 2.48. The SMILES string of the molecule is CCOc1cccc(C(=O)Nc2ccc(Nc3ccccc3)cc2)c1. The van der Waals surface area contributed by atoms with E-state index in [1.165, 1.54) is 0 Å². The lowest BCUT2D eigenvalue weighted by Crippen LogP contribution is -2.12. The molecule has 0 saturated carbocycles. The fourth-order valence-electron chi connectivity index (χ4n) is 2.42. The number of anilines is 3. The van der Waals surface area contributed by atoms with Gasteiger partial charge in [0.2, 0.25) is 0 Å². The van der Waals surface area contributed by atoms with Crippen molar-refractivity contribution in [1.29, 1.82) is 0 Å². The predicted octanol–water partition coefficient (Wildman–Crippen LogP) is 5.08. The van der Waals surface area contributed by atoms with Crippen LogP contribution in [0.15, 0.2) is 78.9 Å². The average Bonchev–Trinajstić information content (AvgIpc) is 2.65. The molecule has 0 fully saturated rings. The molecule has 3 aromatic rings. The summed E-state index contributed by atoms with van der Waals surface area (Å²) in [6.07, 6.45) is 0. The minimum absolute atomic E-state index is 0.162. The number of rotatable bonds is 6. The van der Waals surface area contributed by atoms with Crippen molar-refractivity contribution < 1.29 is 9.53 Å². The highest BCUT2D eigenvalue weighted by Crippen LogP contribution is 2.20. The summed E-state index contributed by atoms with van der Waals surface area (Å²) in [6, 6.07) is 24.7. The Balaban J connectivity index is 1.65. The number of hydrogen-bond donors (Lipinski definition) is 2. The first kappa shape index (κ1) is 16.6. The van der Waals surface area contributed by atoms with Crippen molar-refractivity contribution in [3.8, 4) is 5.75 Å². The van der Waals surface area contributed by atoms with Crippen LogP contribution < -0.4 is 15.4 Å². The van der Waals surface area contributed by atoms with Gasteiger partial charge in [-0.15, -0.1) is 0 Å². The molecule has 0 aliphatic heterocycles. The standard InChI is InChI=1S/C21H20N2O2/c1-2-25-20-10-6-7-16(15-20)21(24)23-19-13-11-18(12-14-19)22-17-8-4-3-5-9-17/h3-15,22H,2H2,1H3,(H,23,24). The Morgan fingerprint density at radius 2 is 1.52 bits per heavy atom. The Morgan fingerprint density at radius 1 is 0.840 bits per heavy atom. The van der Waals surface area contributed by atoms with E-state index < -0.39 is 0 Å². The molecular formula is C21H20N2O2. The highest BCUT2D eigenvalue weighted by molar-refractivity contribution is 6.04. The first-order chi connectivity index (χ1) is 12.2. The maximum atomic E-state index is 12.4. The topological polar surface area (TPSA) is 50.4 Å². The van der Waals surface area contributed by atoms with Crippen LogP contribution in [-0.4, -0.2) is 12.5 Å². The van der Waals surface area contributed by atoms with E-state index in [1.54, 1.807) is 12.1 Å². The van der Waals surface area contributed by atoms with Crippen LogP contribution in [0.4, 0.5) is 17.1 Å². The monoisotopic (exact) mass is 332 g/mol. The van der Waals surface area contributed by atoms with Crippen molar-refractivity contribution >= 4 is 23.0 Å². The first-order valence-electron chi connectivity index (χ1n) is 8.21. The fraction of sp³-hybridized carbons (Fsp3) is 0.0952. The second-order valence-electron chi connectivity index (χ2n) is 5.48. The third-order valence-electron chi connectivity index (χ3n) is 3.61. The van der Waals surface area contributed by atoms with Gasteiger partial charge in [0, 0.05) is 22.6 Å². The highest BCUT2D eigenvalue weighted by atomic mass is 16.5. The number of carbonyl (C=O) groups excluding carboxylic acids is 1. The smallest absolute Gasteiger partial charge is 0.255 e. The van der Waals surface area contributed by atoms with E-state index in [0.29, 0.717) is 17.9 Å². The van der Waals surface area contributed by atoms with E-state index in [-0.39, 0.29) is 5.91 Å². The molecule has 0 unspecified atom stereocenters. The number of benzene rings is 3. The molecule has 0 atom stereocenters. The molecule has 1 amide bonds. The second-order valence-corrected chi connectivity index (χ2v) is 5.48. The van der Waals surface area contributed by atoms with E-state index >= 15 is 0 Å². The molecule has 0 spiro atoms. The molecule has 25 heavy (non-hydrogen) atoms. The number of hydrogen-bond acceptors (Lipinski definition) is 3. The van der Waals surface area contributed by atoms with E-state index in [1.807, 2.05) is 73.7 Å². The van der Waals surface area contributed by atoms with Crippen LogP contribution in [0, 0.1) is 0 Å². The second kappa shape index (κ2) is 8.02. The van der Waals surface area contributed by atoms with Gasteiger partial charge in [-0.1, -0.05) is 24.3 Å². The third kappa shape index (κ3) is 4.61. The van der Waals surface area contributed by atoms with E-state index in [0.717, 1.165) is 17.1 Å². The summed E-state index contributed by atoms with van der Waals surface area (Å²) >= 11 is 0. The Morgan fingerprint density at radius 3 is 2.24 bits per heavy atom. The number of ether oxygens (including phenoxy) is 1. The largest absolute Gasteiger partial charge is 0.494 e. The molecule has 0 saturated heterocycles. The lowest BCUT2D eigenvalue weighted by atomic mass is 10.2. The first-order valence-corrected chi connectivity index (χ1v) is 8.21. The molecule has 0 aliphatic rings. The van der Waals surface area contributed by atoms with Gasteiger partial charge in [-0.05, 0) is 61.5 Å². The summed E-state index contributed by atoms with van der Waals surface area (Å²) in [4.78, 5) is 12.4. The Kier molecular flexibility index (Phi) is 5.32. The maximum Gasteiger partial charge on any atom is 0.255 e. The van der Waals surface area contributed by atoms with Crippen LogP contribution in [0.2, 0.25) is 0 Å². The van der Waals surface area contributed by atoms with Crippen LogP contribution in [0.25, 0.3) is 0 Å². The van der Waals surface area contributed by atoms with Gasteiger partial charge < -0.3 is 15.4 Å². The molecule has 4 nitrogen and oxygen atoms in total. The summed E-state index contributed by atoms with van der Waals surface area (Å²) < 4.78 is 5.43. The van der Waals surface area contributed by atoms with Crippen molar-refractivity contribution in [2.75, 3.05) is 17.2 Å². The van der Waals surface area contributed by atoms with E-state index in [9.17, 15) is 4.79 Å². The van der Waals surface area contributed by atoms with Gasteiger partial charge in [0.1, 0.15) is 5.75 Å². The van der Waals surface area contributed by atoms with Gasteiger partial charge in [-0.2, -0.15) is 0 Å². The van der Waals surface area contributed by atoms with Crippen LogP contribution in [0.1, 0.15) is 17.3 Å². The summed E-state index contributed by atoms with van der Waals surface area (Å²) in [5.74, 6) is 0.530. The predicted molar refractivity (Wildman–Crippen MR) is 102 cm³/mol. The molecule has 0 bridgehead atoms. The average molecular weight is 332 g/mol. The maximum absolute atomic E-state index is 12.4. The number of para-hydroxylation sites is 1. The molecule has 0 heterocycles. The van der Waals surface area contributed by atoms with Crippen LogP contribution in [0.5, 0.6) is 5.75 Å². The Labute approximate surface area is 147 Å². The van der Waals surface area contributed by atoms with E-state index in [2.05, 4.69) is 10.6 Å². The van der Waals surface area contributed by atoms with Crippen molar-refractivity contribution in [2.24, 2.45) is 0 Å². The minimum atomic E-state index is -0.162. The zero-order valence-corrected chi connectivity index (χ0v) is 14.0. The normalized spacial score (nSPS) is 10.1. The van der Waals surface area contributed by atoms with Crippen LogP contribution in [-0.2, 0) is 0 Å². The molecular weight excluding hydrogens is 312 g/mol. The molecule has 4 heteroatoms. The fourth-order valence-corrected chi connectivity index (χ4v) is 2.42. The molecule has 0 radical (unpaired) electrons.